The molecule has 0 spiro atoms. The summed E-state index contributed by atoms with van der Waals surface area (Å²) in [7, 11) is -0.883. The van der Waals surface area contributed by atoms with Crippen LogP contribution in [0.3, 0.4) is 0 Å². The normalized spacial score (nSPS) is 12.6. The highest BCUT2D eigenvalue weighted by atomic mass is 32.2. The molecule has 2 aromatic rings. The SMILES string of the molecule is CCc1nc(CS(=O)Cc2cc(C)cc(C)c2)cs1. The molecule has 19 heavy (non-hydrogen) atoms. The molecule has 4 heteroatoms. The summed E-state index contributed by atoms with van der Waals surface area (Å²) in [6, 6.07) is 6.37. The first-order valence-corrected chi connectivity index (χ1v) is 8.79. The number of aryl methyl sites for hydroxylation is 3. The van der Waals surface area contributed by atoms with Gasteiger partial charge in [-0.2, -0.15) is 0 Å². The minimum atomic E-state index is -0.883. The summed E-state index contributed by atoms with van der Waals surface area (Å²) in [5, 5.41) is 3.15. The lowest BCUT2D eigenvalue weighted by Crippen LogP contribution is -2.00. The van der Waals surface area contributed by atoms with Crippen molar-refractivity contribution in [2.45, 2.75) is 38.7 Å². The Morgan fingerprint density at radius 1 is 1.16 bits per heavy atom. The molecular formula is C15H19NOS2. The van der Waals surface area contributed by atoms with E-state index >= 15 is 0 Å². The lowest BCUT2D eigenvalue weighted by atomic mass is 10.1. The van der Waals surface area contributed by atoms with Gasteiger partial charge in [-0.1, -0.05) is 36.2 Å². The van der Waals surface area contributed by atoms with E-state index in [-0.39, 0.29) is 0 Å². The number of nitrogens with zero attached hydrogens (tertiary/aromatic N) is 1. The third kappa shape index (κ3) is 4.25. The number of thiazole rings is 1. The van der Waals surface area contributed by atoms with Crippen LogP contribution < -0.4 is 0 Å². The Kier molecular flexibility index (Phi) is 4.88. The fourth-order valence-electron chi connectivity index (χ4n) is 2.13. The quantitative estimate of drug-likeness (QED) is 0.840. The van der Waals surface area contributed by atoms with Crippen molar-refractivity contribution >= 4 is 22.1 Å². The summed E-state index contributed by atoms with van der Waals surface area (Å²) in [5.74, 6) is 1.17. The molecule has 1 aromatic heterocycles. The molecule has 0 aliphatic rings. The van der Waals surface area contributed by atoms with Crippen LogP contribution in [-0.2, 0) is 28.7 Å². The monoisotopic (exact) mass is 293 g/mol. The van der Waals surface area contributed by atoms with Crippen LogP contribution in [0.25, 0.3) is 0 Å². The van der Waals surface area contributed by atoms with Gasteiger partial charge in [0, 0.05) is 21.9 Å². The average Bonchev–Trinajstić information content (AvgIpc) is 2.74. The van der Waals surface area contributed by atoms with Crippen molar-refractivity contribution in [3.8, 4) is 0 Å². The van der Waals surface area contributed by atoms with Crippen LogP contribution in [0.2, 0.25) is 0 Å². The Morgan fingerprint density at radius 2 is 1.84 bits per heavy atom. The summed E-state index contributed by atoms with van der Waals surface area (Å²) >= 11 is 1.66. The van der Waals surface area contributed by atoms with E-state index in [9.17, 15) is 4.21 Å². The van der Waals surface area contributed by atoms with Crippen molar-refractivity contribution in [2.24, 2.45) is 0 Å². The first-order valence-electron chi connectivity index (χ1n) is 6.42. The van der Waals surface area contributed by atoms with Crippen molar-refractivity contribution < 1.29 is 4.21 Å². The molecular weight excluding hydrogens is 274 g/mol. The van der Waals surface area contributed by atoms with E-state index in [2.05, 4.69) is 44.0 Å². The molecule has 0 saturated carbocycles. The second-order valence-electron chi connectivity index (χ2n) is 4.81. The van der Waals surface area contributed by atoms with Crippen molar-refractivity contribution in [1.82, 2.24) is 4.98 Å². The van der Waals surface area contributed by atoms with E-state index in [1.54, 1.807) is 11.3 Å². The number of hydrogen-bond acceptors (Lipinski definition) is 3. The molecule has 1 heterocycles. The molecule has 0 aliphatic heterocycles. The zero-order valence-electron chi connectivity index (χ0n) is 11.6. The van der Waals surface area contributed by atoms with Gasteiger partial charge >= 0.3 is 0 Å². The molecule has 0 saturated heterocycles. The lowest BCUT2D eigenvalue weighted by molar-refractivity contribution is 0.681. The van der Waals surface area contributed by atoms with E-state index < -0.39 is 10.8 Å². The van der Waals surface area contributed by atoms with Gasteiger partial charge in [-0.3, -0.25) is 4.21 Å². The Hall–Kier alpha value is -1.00. The molecule has 1 atom stereocenters. The summed E-state index contributed by atoms with van der Waals surface area (Å²) in [5.41, 5.74) is 4.58. The summed E-state index contributed by atoms with van der Waals surface area (Å²) in [6.45, 7) is 6.25. The molecule has 1 aromatic carbocycles. The van der Waals surface area contributed by atoms with E-state index in [1.807, 2.05) is 5.38 Å². The fourth-order valence-corrected chi connectivity index (χ4v) is 4.10. The largest absolute Gasteiger partial charge is 0.259 e. The van der Waals surface area contributed by atoms with Crippen LogP contribution in [0, 0.1) is 13.8 Å². The molecule has 0 amide bonds. The van der Waals surface area contributed by atoms with Gasteiger partial charge in [-0.15, -0.1) is 11.3 Å². The molecule has 0 N–H and O–H groups in total. The van der Waals surface area contributed by atoms with Crippen molar-refractivity contribution in [3.05, 3.63) is 51.0 Å². The maximum Gasteiger partial charge on any atom is 0.0925 e. The van der Waals surface area contributed by atoms with E-state index in [1.165, 1.54) is 11.1 Å². The first kappa shape index (κ1) is 14.4. The van der Waals surface area contributed by atoms with Crippen LogP contribution in [0.4, 0.5) is 0 Å². The minimum Gasteiger partial charge on any atom is -0.259 e. The second-order valence-corrected chi connectivity index (χ2v) is 7.21. The van der Waals surface area contributed by atoms with Crippen LogP contribution in [0.15, 0.2) is 23.6 Å². The third-order valence-electron chi connectivity index (χ3n) is 2.82. The van der Waals surface area contributed by atoms with Gasteiger partial charge in [0.2, 0.25) is 0 Å². The van der Waals surface area contributed by atoms with Crippen molar-refractivity contribution in [3.63, 3.8) is 0 Å². The number of aromatic nitrogens is 1. The van der Waals surface area contributed by atoms with Gasteiger partial charge in [-0.25, -0.2) is 4.98 Å². The Balaban J connectivity index is 2.00. The minimum absolute atomic E-state index is 0.559. The standard InChI is InChI=1S/C15H19NOS2/c1-4-15-16-14(8-18-15)10-19(17)9-13-6-11(2)5-12(3)7-13/h5-8H,4,9-10H2,1-3H3. The molecule has 102 valence electrons. The van der Waals surface area contributed by atoms with Crippen LogP contribution in [-0.4, -0.2) is 9.19 Å². The van der Waals surface area contributed by atoms with Crippen LogP contribution in [0.5, 0.6) is 0 Å². The van der Waals surface area contributed by atoms with Crippen molar-refractivity contribution in [1.29, 1.82) is 0 Å². The Morgan fingerprint density at radius 3 is 2.42 bits per heavy atom. The molecule has 2 rings (SSSR count). The van der Waals surface area contributed by atoms with Gasteiger partial charge in [-0.05, 0) is 25.8 Å². The fraction of sp³-hybridized carbons (Fsp3) is 0.400. The van der Waals surface area contributed by atoms with E-state index in [0.717, 1.165) is 22.7 Å². The highest BCUT2D eigenvalue weighted by Crippen LogP contribution is 2.15. The molecule has 0 aliphatic carbocycles. The summed E-state index contributed by atoms with van der Waals surface area (Å²) < 4.78 is 12.2. The molecule has 0 fully saturated rings. The Labute approximate surface area is 121 Å². The predicted octanol–water partition coefficient (Wildman–Crippen LogP) is 3.77. The zero-order valence-corrected chi connectivity index (χ0v) is 13.2. The average molecular weight is 293 g/mol. The lowest BCUT2D eigenvalue weighted by Gasteiger charge is -2.04. The van der Waals surface area contributed by atoms with Gasteiger partial charge in [0.25, 0.3) is 0 Å². The topological polar surface area (TPSA) is 30.0 Å². The maximum absolute atomic E-state index is 12.2. The zero-order chi connectivity index (χ0) is 13.8. The maximum atomic E-state index is 12.2. The number of hydrogen-bond donors (Lipinski definition) is 0. The smallest absolute Gasteiger partial charge is 0.0925 e. The first-order chi connectivity index (χ1) is 9.06. The number of benzene rings is 1. The molecule has 0 radical (unpaired) electrons. The highest BCUT2D eigenvalue weighted by Gasteiger charge is 2.07. The van der Waals surface area contributed by atoms with Gasteiger partial charge < -0.3 is 0 Å². The van der Waals surface area contributed by atoms with Crippen LogP contribution in [0.1, 0.15) is 34.3 Å². The Bertz CT molecular complexity index is 569. The summed E-state index contributed by atoms with van der Waals surface area (Å²) in [6.07, 6.45) is 0.953. The molecule has 0 bridgehead atoms. The third-order valence-corrected chi connectivity index (χ3v) is 5.13. The van der Waals surface area contributed by atoms with Crippen LogP contribution >= 0.6 is 11.3 Å². The second kappa shape index (κ2) is 6.44. The van der Waals surface area contributed by atoms with Crippen molar-refractivity contribution in [2.75, 3.05) is 0 Å². The highest BCUT2D eigenvalue weighted by molar-refractivity contribution is 7.83. The van der Waals surface area contributed by atoms with Gasteiger partial charge in [0.05, 0.1) is 16.5 Å². The van der Waals surface area contributed by atoms with Gasteiger partial charge in [0.1, 0.15) is 0 Å². The number of rotatable bonds is 5. The van der Waals surface area contributed by atoms with E-state index in [0.29, 0.717) is 11.5 Å². The van der Waals surface area contributed by atoms with E-state index in [4.69, 9.17) is 0 Å². The molecule has 1 unspecified atom stereocenters. The molecule has 2 nitrogen and oxygen atoms in total. The summed E-state index contributed by atoms with van der Waals surface area (Å²) in [4.78, 5) is 4.47. The predicted molar refractivity (Wildman–Crippen MR) is 83.0 cm³/mol. The van der Waals surface area contributed by atoms with Gasteiger partial charge in [0.15, 0.2) is 0 Å².